The molecule has 33 heavy (non-hydrogen) atoms. The average molecular weight is 477 g/mol. The van der Waals surface area contributed by atoms with E-state index in [2.05, 4.69) is 49.5 Å². The highest BCUT2D eigenvalue weighted by molar-refractivity contribution is 8.02. The molecule has 0 radical (unpaired) electrons. The first-order chi connectivity index (χ1) is 15.9. The summed E-state index contributed by atoms with van der Waals surface area (Å²) >= 11 is 1.13. The normalized spacial score (nSPS) is 13.8. The third-order valence-electron chi connectivity index (χ3n) is 6.06. The maximum Gasteiger partial charge on any atom is 0.329 e. The van der Waals surface area contributed by atoms with Crippen LogP contribution < -0.4 is 15.8 Å². The van der Waals surface area contributed by atoms with Crippen LogP contribution in [0.5, 0.6) is 0 Å². The van der Waals surface area contributed by atoms with Gasteiger partial charge in [0.05, 0.1) is 11.5 Å². The second-order valence-corrected chi connectivity index (χ2v) is 9.36. The second kappa shape index (κ2) is 15.8. The van der Waals surface area contributed by atoms with E-state index < -0.39 is 0 Å². The van der Waals surface area contributed by atoms with Crippen LogP contribution in [-0.2, 0) is 24.0 Å². The number of nitrogens with two attached hydrogens (primary N) is 1. The number of hydrogen-bond acceptors (Lipinski definition) is 5. The molecule has 0 spiro atoms. The number of rotatable bonds is 12. The average Bonchev–Trinajstić information content (AvgIpc) is 3.28. The largest absolute Gasteiger partial charge is 0.497 e. The zero-order chi connectivity index (χ0) is 24.8. The van der Waals surface area contributed by atoms with E-state index in [1.165, 1.54) is 41.9 Å². The molecular formula is C26H44N4O2S. The molecule has 5 N–H and O–H groups in total. The Balaban J connectivity index is 0.00000265. The highest BCUT2D eigenvalue weighted by atomic mass is 32.2. The summed E-state index contributed by atoms with van der Waals surface area (Å²) in [5.74, 6) is 1.38. The molecule has 1 aliphatic rings. The Labute approximate surface area is 205 Å². The lowest BCUT2D eigenvalue weighted by atomic mass is 9.95. The Kier molecular flexibility index (Phi) is 13.9. The SMILES string of the molecule is CCCc1c(C)cc2c(c1NC(=O)NS/C(C=N)=C(/C)OCCCC(C)CC)CCC2.CN. The van der Waals surface area contributed by atoms with Gasteiger partial charge < -0.3 is 21.2 Å². The van der Waals surface area contributed by atoms with Gasteiger partial charge in [0.1, 0.15) is 5.76 Å². The molecule has 0 fully saturated rings. The number of amides is 2. The fraction of sp³-hybridized carbons (Fsp3) is 0.615. The fourth-order valence-electron chi connectivity index (χ4n) is 4.04. The molecule has 1 unspecified atom stereocenters. The number of fused-ring (bicyclic) bond motifs is 1. The third-order valence-corrected chi connectivity index (χ3v) is 6.97. The maximum absolute atomic E-state index is 12.7. The van der Waals surface area contributed by atoms with Crippen molar-refractivity contribution in [3.05, 3.63) is 39.0 Å². The zero-order valence-electron chi connectivity index (χ0n) is 21.4. The van der Waals surface area contributed by atoms with Crippen molar-refractivity contribution in [3.8, 4) is 0 Å². The van der Waals surface area contributed by atoms with Gasteiger partial charge in [-0.05, 0) is 99.5 Å². The van der Waals surface area contributed by atoms with Crippen molar-refractivity contribution in [1.29, 1.82) is 5.41 Å². The summed E-state index contributed by atoms with van der Waals surface area (Å²) in [7, 11) is 1.50. The fourth-order valence-corrected chi connectivity index (χ4v) is 4.55. The van der Waals surface area contributed by atoms with Crippen molar-refractivity contribution in [3.63, 3.8) is 0 Å². The van der Waals surface area contributed by atoms with E-state index in [1.54, 1.807) is 0 Å². The molecule has 1 aromatic rings. The summed E-state index contributed by atoms with van der Waals surface area (Å²) in [6.45, 7) is 11.2. The number of carbonyl (C=O) groups is 1. The van der Waals surface area contributed by atoms with Crippen molar-refractivity contribution in [2.45, 2.75) is 86.0 Å². The summed E-state index contributed by atoms with van der Waals surface area (Å²) in [4.78, 5) is 13.3. The quantitative estimate of drug-likeness (QED) is 0.120. The van der Waals surface area contributed by atoms with Crippen LogP contribution in [0.1, 0.15) is 82.1 Å². The zero-order valence-corrected chi connectivity index (χ0v) is 22.2. The van der Waals surface area contributed by atoms with E-state index in [-0.39, 0.29) is 6.03 Å². The molecule has 0 saturated carbocycles. The Morgan fingerprint density at radius 3 is 2.70 bits per heavy atom. The van der Waals surface area contributed by atoms with Gasteiger partial charge >= 0.3 is 6.03 Å². The van der Waals surface area contributed by atoms with Crippen molar-refractivity contribution < 1.29 is 9.53 Å². The molecular weight excluding hydrogens is 432 g/mol. The van der Waals surface area contributed by atoms with E-state index in [9.17, 15) is 4.79 Å². The summed E-state index contributed by atoms with van der Waals surface area (Å²) in [5.41, 5.74) is 10.6. The highest BCUT2D eigenvalue weighted by Crippen LogP contribution is 2.35. The Morgan fingerprint density at radius 1 is 1.33 bits per heavy atom. The first-order valence-electron chi connectivity index (χ1n) is 12.2. The number of anilines is 1. The summed E-state index contributed by atoms with van der Waals surface area (Å²) in [6, 6.07) is 2.04. The number of hydrogen-bond donors (Lipinski definition) is 4. The predicted molar refractivity (Wildman–Crippen MR) is 143 cm³/mol. The molecule has 1 atom stereocenters. The van der Waals surface area contributed by atoms with E-state index >= 15 is 0 Å². The minimum Gasteiger partial charge on any atom is -0.497 e. The van der Waals surface area contributed by atoms with Gasteiger partial charge in [-0.2, -0.15) is 0 Å². The van der Waals surface area contributed by atoms with Crippen molar-refractivity contribution in [2.75, 3.05) is 19.0 Å². The molecule has 0 bridgehead atoms. The Hall–Kier alpha value is -1.99. The molecule has 0 heterocycles. The lowest BCUT2D eigenvalue weighted by Gasteiger charge is -2.18. The number of aryl methyl sites for hydroxylation is 2. The summed E-state index contributed by atoms with van der Waals surface area (Å²) in [6.07, 6.45) is 9.79. The summed E-state index contributed by atoms with van der Waals surface area (Å²) in [5, 5.41) is 10.8. The number of nitrogens with one attached hydrogen (secondary N) is 3. The predicted octanol–water partition coefficient (Wildman–Crippen LogP) is 6.50. The van der Waals surface area contributed by atoms with Crippen molar-refractivity contribution in [2.24, 2.45) is 11.7 Å². The maximum atomic E-state index is 12.7. The third kappa shape index (κ3) is 9.05. The number of carbonyl (C=O) groups excluding carboxylic acids is 1. The molecule has 6 nitrogen and oxygen atoms in total. The molecule has 2 amide bonds. The number of ether oxygens (including phenoxy) is 1. The lowest BCUT2D eigenvalue weighted by Crippen LogP contribution is -2.25. The van der Waals surface area contributed by atoms with Crippen LogP contribution in [0.25, 0.3) is 0 Å². The molecule has 0 aromatic heterocycles. The Bertz CT molecular complexity index is 808. The van der Waals surface area contributed by atoms with Crippen LogP contribution in [0.15, 0.2) is 16.7 Å². The van der Waals surface area contributed by atoms with E-state index in [0.717, 1.165) is 62.6 Å². The van der Waals surface area contributed by atoms with E-state index in [0.29, 0.717) is 23.2 Å². The highest BCUT2D eigenvalue weighted by Gasteiger charge is 2.21. The van der Waals surface area contributed by atoms with Crippen LogP contribution in [-0.4, -0.2) is 25.9 Å². The molecule has 1 aromatic carbocycles. The standard InChI is InChI=1S/C25H39N3O2S.CH5N/c1-6-10-21-18(4)15-20-12-8-13-22(20)24(21)27-25(29)28-31-23(16-26)19(5)30-14-9-11-17(3)7-2;1-2/h15-17,26H,6-14H2,1-5H3,(H2,27,28,29);2H2,1H3/b23-19-,26-16?;. The van der Waals surface area contributed by atoms with Crippen molar-refractivity contribution >= 4 is 29.9 Å². The monoisotopic (exact) mass is 476 g/mol. The topological polar surface area (TPSA) is 100 Å². The molecule has 186 valence electrons. The Morgan fingerprint density at radius 2 is 2.06 bits per heavy atom. The van der Waals surface area contributed by atoms with Crippen LogP contribution in [0, 0.1) is 18.3 Å². The first-order valence-corrected chi connectivity index (χ1v) is 13.0. The van der Waals surface area contributed by atoms with Gasteiger partial charge in [-0.3, -0.25) is 4.72 Å². The smallest absolute Gasteiger partial charge is 0.329 e. The number of benzene rings is 1. The molecule has 2 rings (SSSR count). The van der Waals surface area contributed by atoms with Crippen LogP contribution in [0.4, 0.5) is 10.5 Å². The molecule has 1 aliphatic carbocycles. The molecule has 0 saturated heterocycles. The molecule has 0 aliphatic heterocycles. The van der Waals surface area contributed by atoms with Gasteiger partial charge in [0.15, 0.2) is 0 Å². The number of allylic oxidation sites excluding steroid dienone is 2. The summed E-state index contributed by atoms with van der Waals surface area (Å²) < 4.78 is 8.64. The van der Waals surface area contributed by atoms with Crippen LogP contribution in [0.2, 0.25) is 0 Å². The van der Waals surface area contributed by atoms with E-state index in [4.69, 9.17) is 10.1 Å². The number of urea groups is 1. The van der Waals surface area contributed by atoms with Crippen LogP contribution >= 0.6 is 11.9 Å². The van der Waals surface area contributed by atoms with Gasteiger partial charge in [0.2, 0.25) is 0 Å². The van der Waals surface area contributed by atoms with Gasteiger partial charge in [0, 0.05) is 11.9 Å². The van der Waals surface area contributed by atoms with E-state index in [1.807, 2.05) is 6.92 Å². The first kappa shape index (κ1) is 29.0. The molecule has 7 heteroatoms. The van der Waals surface area contributed by atoms with Gasteiger partial charge in [0.25, 0.3) is 0 Å². The van der Waals surface area contributed by atoms with Crippen LogP contribution in [0.3, 0.4) is 0 Å². The van der Waals surface area contributed by atoms with Gasteiger partial charge in [-0.25, -0.2) is 4.79 Å². The minimum absolute atomic E-state index is 0.258. The van der Waals surface area contributed by atoms with Gasteiger partial charge in [-0.1, -0.05) is 39.7 Å². The van der Waals surface area contributed by atoms with Crippen molar-refractivity contribution in [1.82, 2.24) is 4.72 Å². The lowest BCUT2D eigenvalue weighted by molar-refractivity contribution is 0.202. The second-order valence-electron chi connectivity index (χ2n) is 8.52. The minimum atomic E-state index is -0.258. The van der Waals surface area contributed by atoms with Gasteiger partial charge in [-0.15, -0.1) is 0 Å².